The Morgan fingerprint density at radius 2 is 2.14 bits per heavy atom. The average Bonchev–Trinajstić information content (AvgIpc) is 2.16. The molecule has 1 rings (SSSR count). The van der Waals surface area contributed by atoms with Crippen LogP contribution >= 0.6 is 22.6 Å². The van der Waals surface area contributed by atoms with Crippen molar-refractivity contribution < 1.29 is 4.79 Å². The molecule has 0 fully saturated rings. The molecule has 1 unspecified atom stereocenters. The number of carbonyl (C=O) groups is 1. The summed E-state index contributed by atoms with van der Waals surface area (Å²) in [4.78, 5) is 10.7. The smallest absolute Gasteiger partial charge is 0.236 e. The van der Waals surface area contributed by atoms with Crippen molar-refractivity contribution in [3.05, 3.63) is 27.8 Å². The van der Waals surface area contributed by atoms with Crippen LogP contribution in [-0.2, 0) is 4.79 Å². The van der Waals surface area contributed by atoms with Gasteiger partial charge in [0.1, 0.15) is 6.04 Å². The first-order chi connectivity index (χ1) is 6.61. The molecule has 1 amide bonds. The van der Waals surface area contributed by atoms with E-state index in [-0.39, 0.29) is 0 Å². The van der Waals surface area contributed by atoms with Gasteiger partial charge in [0, 0.05) is 15.8 Å². The second kappa shape index (κ2) is 5.16. The SMILES string of the molecule is NC(=O)C(N)CNc1ccccc1I. The van der Waals surface area contributed by atoms with E-state index in [2.05, 4.69) is 27.9 Å². The molecular weight excluding hydrogens is 293 g/mol. The van der Waals surface area contributed by atoms with E-state index in [9.17, 15) is 4.79 Å². The number of primary amides is 1. The van der Waals surface area contributed by atoms with Crippen molar-refractivity contribution in [1.29, 1.82) is 0 Å². The van der Waals surface area contributed by atoms with E-state index in [4.69, 9.17) is 11.5 Å². The first-order valence-electron chi connectivity index (χ1n) is 4.14. The Labute approximate surface area is 96.2 Å². The molecule has 0 aliphatic carbocycles. The number of halogens is 1. The molecule has 14 heavy (non-hydrogen) atoms. The predicted molar refractivity (Wildman–Crippen MR) is 64.8 cm³/mol. The van der Waals surface area contributed by atoms with Crippen LogP contribution in [0.15, 0.2) is 24.3 Å². The summed E-state index contributed by atoms with van der Waals surface area (Å²) in [5.41, 5.74) is 11.5. The highest BCUT2D eigenvalue weighted by molar-refractivity contribution is 14.1. The number of rotatable bonds is 4. The first kappa shape index (κ1) is 11.3. The number of anilines is 1. The lowest BCUT2D eigenvalue weighted by Crippen LogP contribution is -2.41. The molecule has 0 saturated carbocycles. The molecule has 0 aliphatic rings. The maximum atomic E-state index is 10.7. The fourth-order valence-electron chi connectivity index (χ4n) is 0.925. The summed E-state index contributed by atoms with van der Waals surface area (Å²) >= 11 is 2.20. The van der Waals surface area contributed by atoms with Gasteiger partial charge >= 0.3 is 0 Å². The van der Waals surface area contributed by atoms with Crippen LogP contribution in [-0.4, -0.2) is 18.5 Å². The Morgan fingerprint density at radius 1 is 1.50 bits per heavy atom. The Hall–Kier alpha value is -0.820. The largest absolute Gasteiger partial charge is 0.382 e. The zero-order valence-electron chi connectivity index (χ0n) is 7.53. The molecule has 0 aliphatic heterocycles. The third-order valence-corrected chi connectivity index (χ3v) is 2.69. The summed E-state index contributed by atoms with van der Waals surface area (Å²) in [5, 5.41) is 3.06. The van der Waals surface area contributed by atoms with E-state index in [1.165, 1.54) is 0 Å². The van der Waals surface area contributed by atoms with Gasteiger partial charge in [-0.1, -0.05) is 12.1 Å². The summed E-state index contributed by atoms with van der Waals surface area (Å²) in [6.07, 6.45) is 0. The molecule has 0 spiro atoms. The van der Waals surface area contributed by atoms with Crippen molar-refractivity contribution >= 4 is 34.2 Å². The molecular formula is C9H12IN3O. The number of hydrogen-bond donors (Lipinski definition) is 3. The van der Waals surface area contributed by atoms with Crippen molar-refractivity contribution in [1.82, 2.24) is 0 Å². The van der Waals surface area contributed by atoms with E-state index < -0.39 is 11.9 Å². The highest BCUT2D eigenvalue weighted by Crippen LogP contribution is 2.16. The quantitative estimate of drug-likeness (QED) is 0.709. The number of nitrogens with one attached hydrogen (secondary N) is 1. The molecule has 76 valence electrons. The number of benzene rings is 1. The lowest BCUT2D eigenvalue weighted by Gasteiger charge is -2.11. The highest BCUT2D eigenvalue weighted by Gasteiger charge is 2.08. The minimum Gasteiger partial charge on any atom is -0.382 e. The standard InChI is InChI=1S/C9H12IN3O/c10-6-3-1-2-4-8(6)13-5-7(11)9(12)14/h1-4,7,13H,5,11H2,(H2,12,14). The molecule has 5 N–H and O–H groups in total. The van der Waals surface area contributed by atoms with E-state index in [1.54, 1.807) is 0 Å². The minimum absolute atomic E-state index is 0.356. The van der Waals surface area contributed by atoms with Crippen LogP contribution < -0.4 is 16.8 Å². The maximum Gasteiger partial charge on any atom is 0.236 e. The van der Waals surface area contributed by atoms with Crippen LogP contribution in [0.3, 0.4) is 0 Å². The van der Waals surface area contributed by atoms with Gasteiger partial charge in [-0.3, -0.25) is 4.79 Å². The highest BCUT2D eigenvalue weighted by atomic mass is 127. The molecule has 4 nitrogen and oxygen atoms in total. The van der Waals surface area contributed by atoms with Crippen LogP contribution in [0, 0.1) is 3.57 Å². The van der Waals surface area contributed by atoms with Gasteiger partial charge in [-0.2, -0.15) is 0 Å². The molecule has 0 heterocycles. The predicted octanol–water partition coefficient (Wildman–Crippen LogP) is 0.516. The molecule has 1 aromatic rings. The molecule has 5 heteroatoms. The number of hydrogen-bond acceptors (Lipinski definition) is 3. The Kier molecular flexibility index (Phi) is 4.15. The molecule has 1 aromatic carbocycles. The Bertz CT molecular complexity index is 330. The van der Waals surface area contributed by atoms with Gasteiger partial charge in [0.25, 0.3) is 0 Å². The van der Waals surface area contributed by atoms with E-state index in [0.717, 1.165) is 9.26 Å². The molecule has 0 aromatic heterocycles. The Balaban J connectivity index is 2.54. The van der Waals surface area contributed by atoms with Crippen LogP contribution in [0.1, 0.15) is 0 Å². The van der Waals surface area contributed by atoms with Crippen LogP contribution in [0.25, 0.3) is 0 Å². The van der Waals surface area contributed by atoms with E-state index in [1.807, 2.05) is 24.3 Å². The van der Waals surface area contributed by atoms with Gasteiger partial charge in [0.15, 0.2) is 0 Å². The number of amides is 1. The van der Waals surface area contributed by atoms with Gasteiger partial charge in [0.05, 0.1) is 0 Å². The van der Waals surface area contributed by atoms with Gasteiger partial charge in [-0.05, 0) is 34.7 Å². The average molecular weight is 305 g/mol. The summed E-state index contributed by atoms with van der Waals surface area (Å²) in [5.74, 6) is -0.497. The fourth-order valence-corrected chi connectivity index (χ4v) is 1.50. The topological polar surface area (TPSA) is 81.1 Å². The lowest BCUT2D eigenvalue weighted by atomic mass is 10.2. The third-order valence-electron chi connectivity index (χ3n) is 1.75. The summed E-state index contributed by atoms with van der Waals surface area (Å²) in [6.45, 7) is 0.356. The van der Waals surface area contributed by atoms with Crippen molar-refractivity contribution in [2.45, 2.75) is 6.04 Å². The lowest BCUT2D eigenvalue weighted by molar-refractivity contribution is -0.118. The van der Waals surface area contributed by atoms with Gasteiger partial charge in [0.2, 0.25) is 5.91 Å². The van der Waals surface area contributed by atoms with Crippen molar-refractivity contribution in [2.24, 2.45) is 11.5 Å². The summed E-state index contributed by atoms with van der Waals surface area (Å²) in [6, 6.07) is 7.11. The zero-order chi connectivity index (χ0) is 10.6. The minimum atomic E-state index is -0.647. The monoisotopic (exact) mass is 305 g/mol. The fraction of sp³-hybridized carbons (Fsp3) is 0.222. The van der Waals surface area contributed by atoms with Gasteiger partial charge < -0.3 is 16.8 Å². The second-order valence-corrected chi connectivity index (χ2v) is 4.03. The zero-order valence-corrected chi connectivity index (χ0v) is 9.69. The van der Waals surface area contributed by atoms with Gasteiger partial charge in [-0.15, -0.1) is 0 Å². The van der Waals surface area contributed by atoms with Crippen molar-refractivity contribution in [3.63, 3.8) is 0 Å². The number of carbonyl (C=O) groups excluding carboxylic acids is 1. The summed E-state index contributed by atoms with van der Waals surface area (Å²) < 4.78 is 1.08. The molecule has 0 bridgehead atoms. The normalized spacial score (nSPS) is 12.1. The van der Waals surface area contributed by atoms with Crippen LogP contribution in [0.5, 0.6) is 0 Å². The second-order valence-electron chi connectivity index (χ2n) is 2.87. The van der Waals surface area contributed by atoms with Crippen LogP contribution in [0.4, 0.5) is 5.69 Å². The van der Waals surface area contributed by atoms with E-state index in [0.29, 0.717) is 6.54 Å². The van der Waals surface area contributed by atoms with Crippen molar-refractivity contribution in [3.8, 4) is 0 Å². The first-order valence-corrected chi connectivity index (χ1v) is 5.22. The molecule has 1 atom stereocenters. The Morgan fingerprint density at radius 3 is 2.71 bits per heavy atom. The number of para-hydroxylation sites is 1. The maximum absolute atomic E-state index is 10.7. The number of nitrogens with two attached hydrogens (primary N) is 2. The van der Waals surface area contributed by atoms with E-state index >= 15 is 0 Å². The van der Waals surface area contributed by atoms with Gasteiger partial charge in [-0.25, -0.2) is 0 Å². The van der Waals surface area contributed by atoms with Crippen LogP contribution in [0.2, 0.25) is 0 Å². The van der Waals surface area contributed by atoms with Crippen molar-refractivity contribution in [2.75, 3.05) is 11.9 Å². The molecule has 0 saturated heterocycles. The summed E-state index contributed by atoms with van der Waals surface area (Å²) in [7, 11) is 0. The third kappa shape index (κ3) is 3.15. The molecule has 0 radical (unpaired) electrons.